The molecular weight excluding hydrogens is 390 g/mol. The van der Waals surface area contributed by atoms with E-state index in [2.05, 4.69) is 4.90 Å². The number of amides is 1. The first-order chi connectivity index (χ1) is 13.9. The molecule has 8 heteroatoms. The normalized spacial score (nSPS) is 21.3. The largest absolute Gasteiger partial charge is 0.497 e. The zero-order valence-electron chi connectivity index (χ0n) is 17.5. The van der Waals surface area contributed by atoms with Crippen molar-refractivity contribution in [1.29, 1.82) is 0 Å². The fourth-order valence-electron chi connectivity index (χ4n) is 4.36. The van der Waals surface area contributed by atoms with Crippen LogP contribution in [0.4, 0.5) is 0 Å². The minimum atomic E-state index is -3.34. The van der Waals surface area contributed by atoms with Crippen molar-refractivity contribution in [2.75, 3.05) is 52.6 Å². The molecule has 0 aromatic heterocycles. The molecule has 0 radical (unpaired) electrons. The number of piperidine rings is 2. The summed E-state index contributed by atoms with van der Waals surface area (Å²) in [6, 6.07) is 6.95. The molecule has 0 N–H and O–H groups in total. The van der Waals surface area contributed by atoms with E-state index in [1.165, 1.54) is 25.5 Å². The van der Waals surface area contributed by atoms with Crippen molar-refractivity contribution in [3.8, 4) is 5.75 Å². The summed E-state index contributed by atoms with van der Waals surface area (Å²) < 4.78 is 31.9. The highest BCUT2D eigenvalue weighted by Crippen LogP contribution is 2.22. The summed E-state index contributed by atoms with van der Waals surface area (Å²) in [5, 5.41) is 0. The van der Waals surface area contributed by atoms with Gasteiger partial charge in [0.15, 0.2) is 0 Å². The van der Waals surface area contributed by atoms with Crippen LogP contribution in [-0.2, 0) is 10.0 Å². The van der Waals surface area contributed by atoms with Crippen molar-refractivity contribution < 1.29 is 17.9 Å². The van der Waals surface area contributed by atoms with Gasteiger partial charge in [0.2, 0.25) is 10.0 Å². The Morgan fingerprint density at radius 3 is 2.62 bits per heavy atom. The Bertz CT molecular complexity index is 793. The Hall–Kier alpha value is -1.64. The van der Waals surface area contributed by atoms with Crippen molar-refractivity contribution in [3.05, 3.63) is 29.8 Å². The third-order valence-corrected chi connectivity index (χ3v) is 7.25. The second-order valence-corrected chi connectivity index (χ2v) is 9.99. The zero-order chi connectivity index (χ0) is 20.9. The highest BCUT2D eigenvalue weighted by molar-refractivity contribution is 7.88. The van der Waals surface area contributed by atoms with Crippen LogP contribution in [0.1, 0.15) is 42.5 Å². The predicted molar refractivity (Wildman–Crippen MR) is 114 cm³/mol. The lowest BCUT2D eigenvalue weighted by Gasteiger charge is -2.39. The summed E-state index contributed by atoms with van der Waals surface area (Å²) in [6.07, 6.45) is 6.50. The molecule has 0 spiro atoms. The molecule has 2 fully saturated rings. The molecule has 2 aliphatic rings. The summed E-state index contributed by atoms with van der Waals surface area (Å²) in [5.41, 5.74) is 0.573. The fraction of sp³-hybridized carbons (Fsp3) is 0.667. The number of rotatable bonds is 7. The molecule has 0 bridgehead atoms. The summed E-state index contributed by atoms with van der Waals surface area (Å²) in [4.78, 5) is 17.1. The highest BCUT2D eigenvalue weighted by Gasteiger charge is 2.33. The maximum absolute atomic E-state index is 13.0. The molecule has 1 amide bonds. The molecule has 1 aromatic carbocycles. The van der Waals surface area contributed by atoms with Crippen molar-refractivity contribution in [2.45, 2.75) is 38.1 Å². The number of ether oxygens (including phenoxy) is 1. The number of hydrogen-bond acceptors (Lipinski definition) is 5. The van der Waals surface area contributed by atoms with E-state index < -0.39 is 10.0 Å². The molecule has 0 saturated carbocycles. The third kappa shape index (κ3) is 5.93. The van der Waals surface area contributed by atoms with E-state index >= 15 is 0 Å². The number of benzene rings is 1. The zero-order valence-corrected chi connectivity index (χ0v) is 18.4. The Morgan fingerprint density at radius 1 is 1.17 bits per heavy atom. The average Bonchev–Trinajstić information content (AvgIpc) is 2.73. The molecule has 2 heterocycles. The van der Waals surface area contributed by atoms with Crippen molar-refractivity contribution in [2.24, 2.45) is 0 Å². The molecule has 162 valence electrons. The van der Waals surface area contributed by atoms with Gasteiger partial charge in [0.25, 0.3) is 5.91 Å². The van der Waals surface area contributed by atoms with Gasteiger partial charge in [-0.05, 0) is 57.0 Å². The molecule has 2 aliphatic heterocycles. The van der Waals surface area contributed by atoms with Gasteiger partial charge in [-0.15, -0.1) is 0 Å². The lowest BCUT2D eigenvalue weighted by molar-refractivity contribution is 0.0646. The van der Waals surface area contributed by atoms with Gasteiger partial charge in [-0.3, -0.25) is 4.79 Å². The molecule has 0 aliphatic carbocycles. The van der Waals surface area contributed by atoms with Crippen LogP contribution in [0.15, 0.2) is 24.3 Å². The molecule has 2 saturated heterocycles. The standard InChI is InChI=1S/C21H33N3O4S/c1-28-20-10-6-8-18(16-20)21(25)23-13-7-9-19(17-23)24(29(2,26)27)15-14-22-11-4-3-5-12-22/h6,8,10,16,19H,3-5,7,9,11-15,17H2,1-2H3. The predicted octanol–water partition coefficient (Wildman–Crippen LogP) is 2.05. The number of carbonyl (C=O) groups is 1. The smallest absolute Gasteiger partial charge is 0.254 e. The summed E-state index contributed by atoms with van der Waals surface area (Å²) in [7, 11) is -1.76. The number of sulfonamides is 1. The van der Waals surface area contributed by atoms with E-state index in [-0.39, 0.29) is 11.9 Å². The van der Waals surface area contributed by atoms with E-state index in [9.17, 15) is 13.2 Å². The fourth-order valence-corrected chi connectivity index (χ4v) is 5.48. The van der Waals surface area contributed by atoms with E-state index in [0.29, 0.717) is 30.9 Å². The molecule has 1 unspecified atom stereocenters. The average molecular weight is 424 g/mol. The minimum absolute atomic E-state index is 0.0712. The van der Waals surface area contributed by atoms with Gasteiger partial charge in [-0.25, -0.2) is 8.42 Å². The van der Waals surface area contributed by atoms with E-state index in [1.807, 2.05) is 6.07 Å². The second-order valence-electron chi connectivity index (χ2n) is 8.06. The van der Waals surface area contributed by atoms with Crippen LogP contribution in [0.3, 0.4) is 0 Å². The topological polar surface area (TPSA) is 70.2 Å². The molecule has 29 heavy (non-hydrogen) atoms. The first kappa shape index (κ1) is 22.1. The third-order valence-electron chi connectivity index (χ3n) is 5.92. The van der Waals surface area contributed by atoms with Crippen molar-refractivity contribution >= 4 is 15.9 Å². The Labute approximate surface area is 174 Å². The van der Waals surface area contributed by atoms with Crippen molar-refractivity contribution in [3.63, 3.8) is 0 Å². The van der Waals surface area contributed by atoms with Crippen LogP contribution in [0, 0.1) is 0 Å². The lowest BCUT2D eigenvalue weighted by Crippen LogP contribution is -2.53. The molecular formula is C21H33N3O4S. The van der Waals surface area contributed by atoms with Gasteiger partial charge in [0.05, 0.1) is 13.4 Å². The van der Waals surface area contributed by atoms with Gasteiger partial charge in [-0.2, -0.15) is 4.31 Å². The van der Waals surface area contributed by atoms with Crippen LogP contribution in [0.5, 0.6) is 5.75 Å². The van der Waals surface area contributed by atoms with Gasteiger partial charge in [0.1, 0.15) is 5.75 Å². The van der Waals surface area contributed by atoms with Crippen LogP contribution in [0.2, 0.25) is 0 Å². The highest BCUT2D eigenvalue weighted by atomic mass is 32.2. The van der Waals surface area contributed by atoms with Gasteiger partial charge in [0, 0.05) is 37.8 Å². The molecule has 1 atom stereocenters. The monoisotopic (exact) mass is 423 g/mol. The number of methoxy groups -OCH3 is 1. The maximum Gasteiger partial charge on any atom is 0.254 e. The maximum atomic E-state index is 13.0. The summed E-state index contributed by atoms with van der Waals surface area (Å²) >= 11 is 0. The van der Waals surface area contributed by atoms with Gasteiger partial charge in [-0.1, -0.05) is 12.5 Å². The first-order valence-electron chi connectivity index (χ1n) is 10.5. The minimum Gasteiger partial charge on any atom is -0.497 e. The Kier molecular flexibility index (Phi) is 7.54. The van der Waals surface area contributed by atoms with E-state index in [1.54, 1.807) is 34.5 Å². The first-order valence-corrected chi connectivity index (χ1v) is 12.4. The molecule has 7 nitrogen and oxygen atoms in total. The van der Waals surface area contributed by atoms with Crippen LogP contribution < -0.4 is 4.74 Å². The SMILES string of the molecule is COc1cccc(C(=O)N2CCCC(N(CCN3CCCCC3)S(C)(=O)=O)C2)c1. The Balaban J connectivity index is 1.67. The van der Waals surface area contributed by atoms with E-state index in [4.69, 9.17) is 4.74 Å². The number of likely N-dealkylation sites (tertiary alicyclic amines) is 2. The van der Waals surface area contributed by atoms with Gasteiger partial charge >= 0.3 is 0 Å². The number of carbonyl (C=O) groups excluding carboxylic acids is 1. The summed E-state index contributed by atoms with van der Waals surface area (Å²) in [5.74, 6) is 0.571. The molecule has 1 aromatic rings. The number of hydrogen-bond donors (Lipinski definition) is 0. The van der Waals surface area contributed by atoms with Gasteiger partial charge < -0.3 is 14.5 Å². The van der Waals surface area contributed by atoms with Crippen molar-refractivity contribution in [1.82, 2.24) is 14.1 Å². The second kappa shape index (κ2) is 9.91. The quantitative estimate of drug-likeness (QED) is 0.671. The summed E-state index contributed by atoms with van der Waals surface area (Å²) in [6.45, 7) is 4.42. The number of nitrogens with zero attached hydrogens (tertiary/aromatic N) is 3. The van der Waals surface area contributed by atoms with Crippen LogP contribution in [-0.4, -0.2) is 87.1 Å². The Morgan fingerprint density at radius 2 is 1.93 bits per heavy atom. The molecule has 3 rings (SSSR count). The lowest BCUT2D eigenvalue weighted by atomic mass is 10.0. The van der Waals surface area contributed by atoms with E-state index in [0.717, 1.165) is 32.5 Å². The van der Waals surface area contributed by atoms with Crippen LogP contribution >= 0.6 is 0 Å². The van der Waals surface area contributed by atoms with Crippen LogP contribution in [0.25, 0.3) is 0 Å².